The third-order valence-electron chi connectivity index (χ3n) is 1.44. The molecule has 0 spiro atoms. The molecule has 65 valence electrons. The standard InChI is InChI=1S/C8H12Br3/c1-3-4-5-6-8(10,11)7(2)9/h2H,3-6H2,1H3. The van der Waals surface area contributed by atoms with Crippen molar-refractivity contribution in [3.63, 3.8) is 0 Å². The van der Waals surface area contributed by atoms with E-state index in [2.05, 4.69) is 54.7 Å². The first-order chi connectivity index (χ1) is 5.00. The molecule has 0 aliphatic rings. The van der Waals surface area contributed by atoms with Gasteiger partial charge in [0.1, 0.15) is 3.23 Å². The van der Waals surface area contributed by atoms with Gasteiger partial charge < -0.3 is 0 Å². The molecule has 0 bridgehead atoms. The Labute approximate surface area is 94.2 Å². The van der Waals surface area contributed by atoms with Crippen molar-refractivity contribution in [2.75, 3.05) is 0 Å². The number of hydrogen-bond donors (Lipinski definition) is 0. The molecule has 0 aromatic carbocycles. The van der Waals surface area contributed by atoms with Crippen LogP contribution < -0.4 is 0 Å². The molecule has 3 heteroatoms. The Morgan fingerprint density at radius 3 is 2.27 bits per heavy atom. The van der Waals surface area contributed by atoms with Crippen molar-refractivity contribution in [3.8, 4) is 0 Å². The summed E-state index contributed by atoms with van der Waals surface area (Å²) in [6.07, 6.45) is 4.68. The lowest BCUT2D eigenvalue weighted by Gasteiger charge is -2.18. The minimum atomic E-state index is -0.213. The van der Waals surface area contributed by atoms with E-state index in [0.717, 1.165) is 6.42 Å². The average molecular weight is 348 g/mol. The van der Waals surface area contributed by atoms with E-state index in [-0.39, 0.29) is 3.23 Å². The second-order valence-electron chi connectivity index (χ2n) is 2.51. The van der Waals surface area contributed by atoms with Gasteiger partial charge in [-0.3, -0.25) is 0 Å². The first-order valence-corrected chi connectivity index (χ1v) is 6.05. The normalized spacial score (nSPS) is 11.6. The third kappa shape index (κ3) is 5.42. The monoisotopic (exact) mass is 345 g/mol. The van der Waals surface area contributed by atoms with Gasteiger partial charge in [-0.15, -0.1) is 0 Å². The Morgan fingerprint density at radius 1 is 1.36 bits per heavy atom. The number of unbranched alkanes of at least 4 members (excludes halogenated alkanes) is 2. The van der Waals surface area contributed by atoms with E-state index >= 15 is 0 Å². The summed E-state index contributed by atoms with van der Waals surface area (Å²) in [7, 11) is 0. The molecule has 0 atom stereocenters. The van der Waals surface area contributed by atoms with Gasteiger partial charge in [0, 0.05) is 4.48 Å². The van der Waals surface area contributed by atoms with E-state index < -0.39 is 0 Å². The van der Waals surface area contributed by atoms with Gasteiger partial charge in [0.2, 0.25) is 0 Å². The first kappa shape index (κ1) is 12.2. The summed E-state index contributed by atoms with van der Waals surface area (Å²) in [6, 6.07) is 0. The lowest BCUT2D eigenvalue weighted by Crippen LogP contribution is -2.09. The molecule has 0 unspecified atom stereocenters. The third-order valence-corrected chi connectivity index (χ3v) is 4.83. The highest BCUT2D eigenvalue weighted by molar-refractivity contribution is 9.26. The van der Waals surface area contributed by atoms with Crippen LogP contribution in [0, 0.1) is 6.58 Å². The molecule has 0 saturated carbocycles. The van der Waals surface area contributed by atoms with Crippen LogP contribution in [0.4, 0.5) is 0 Å². The topological polar surface area (TPSA) is 0 Å². The van der Waals surface area contributed by atoms with Crippen molar-refractivity contribution in [1.29, 1.82) is 0 Å². The molecule has 0 aromatic rings. The van der Waals surface area contributed by atoms with Crippen LogP contribution in [0.1, 0.15) is 32.6 Å². The molecule has 1 radical (unpaired) electrons. The van der Waals surface area contributed by atoms with Crippen LogP contribution in [0.2, 0.25) is 0 Å². The molecule has 0 fully saturated rings. The zero-order valence-corrected chi connectivity index (χ0v) is 11.3. The van der Waals surface area contributed by atoms with Crippen LogP contribution in [-0.4, -0.2) is 3.23 Å². The number of alkyl halides is 2. The minimum Gasteiger partial charge on any atom is -0.0668 e. The highest BCUT2D eigenvalue weighted by Gasteiger charge is 2.23. The van der Waals surface area contributed by atoms with Crippen LogP contribution in [0.5, 0.6) is 0 Å². The van der Waals surface area contributed by atoms with Crippen molar-refractivity contribution >= 4 is 47.8 Å². The van der Waals surface area contributed by atoms with Crippen molar-refractivity contribution in [2.45, 2.75) is 35.8 Å². The highest BCUT2D eigenvalue weighted by Crippen LogP contribution is 2.41. The van der Waals surface area contributed by atoms with Crippen molar-refractivity contribution in [1.82, 2.24) is 0 Å². The van der Waals surface area contributed by atoms with E-state index in [1.54, 1.807) is 0 Å². The van der Waals surface area contributed by atoms with Crippen molar-refractivity contribution in [2.24, 2.45) is 0 Å². The van der Waals surface area contributed by atoms with Gasteiger partial charge in [0.05, 0.1) is 0 Å². The molecule has 0 saturated heterocycles. The fourth-order valence-corrected chi connectivity index (χ4v) is 1.48. The van der Waals surface area contributed by atoms with E-state index in [1.807, 2.05) is 0 Å². The molecule has 0 nitrogen and oxygen atoms in total. The Kier molecular flexibility index (Phi) is 6.38. The zero-order chi connectivity index (χ0) is 8.91. The molecule has 0 rings (SSSR count). The Balaban J connectivity index is 3.64. The Hall–Kier alpha value is 1.18. The summed E-state index contributed by atoms with van der Waals surface area (Å²) in [5.41, 5.74) is 0. The van der Waals surface area contributed by atoms with E-state index in [1.165, 1.54) is 19.3 Å². The van der Waals surface area contributed by atoms with Gasteiger partial charge in [0.25, 0.3) is 0 Å². The van der Waals surface area contributed by atoms with Gasteiger partial charge in [-0.25, -0.2) is 0 Å². The number of halogens is 3. The lowest BCUT2D eigenvalue weighted by molar-refractivity contribution is 0.671. The maximum absolute atomic E-state index is 5.59. The molecule has 0 heterocycles. The first-order valence-electron chi connectivity index (χ1n) is 3.67. The molecular formula is C8H12Br3. The summed E-state index contributed by atoms with van der Waals surface area (Å²) in [6.45, 7) is 7.78. The maximum Gasteiger partial charge on any atom is 0.112 e. The van der Waals surface area contributed by atoms with Crippen LogP contribution in [0.15, 0.2) is 4.48 Å². The number of rotatable bonds is 5. The van der Waals surface area contributed by atoms with Gasteiger partial charge in [-0.1, -0.05) is 74.0 Å². The largest absolute Gasteiger partial charge is 0.112 e. The highest BCUT2D eigenvalue weighted by atomic mass is 79.9. The fraction of sp³-hybridized carbons (Fsp3) is 0.750. The Bertz CT molecular complexity index is 129. The number of hydrogen-bond acceptors (Lipinski definition) is 0. The van der Waals surface area contributed by atoms with Crippen LogP contribution in [0.3, 0.4) is 0 Å². The summed E-state index contributed by atoms with van der Waals surface area (Å²) in [4.78, 5) is 0. The number of allylic oxidation sites excluding steroid dienone is 1. The second kappa shape index (κ2) is 5.76. The average Bonchev–Trinajstić information content (AvgIpc) is 1.88. The molecule has 0 aliphatic carbocycles. The lowest BCUT2D eigenvalue weighted by atomic mass is 10.1. The van der Waals surface area contributed by atoms with E-state index in [0.29, 0.717) is 4.48 Å². The molecule has 0 amide bonds. The van der Waals surface area contributed by atoms with Crippen molar-refractivity contribution in [3.05, 3.63) is 11.1 Å². The summed E-state index contributed by atoms with van der Waals surface area (Å²) < 4.78 is 0.496. The van der Waals surface area contributed by atoms with Gasteiger partial charge in [0.15, 0.2) is 0 Å². The maximum atomic E-state index is 5.59. The predicted molar refractivity (Wildman–Crippen MR) is 61.5 cm³/mol. The zero-order valence-electron chi connectivity index (χ0n) is 6.54. The quantitative estimate of drug-likeness (QED) is 0.496. The summed E-state index contributed by atoms with van der Waals surface area (Å²) in [5.74, 6) is 0. The summed E-state index contributed by atoms with van der Waals surface area (Å²) >= 11 is 10.2. The van der Waals surface area contributed by atoms with Crippen LogP contribution >= 0.6 is 47.8 Å². The molecule has 0 N–H and O–H groups in total. The van der Waals surface area contributed by atoms with Gasteiger partial charge >= 0.3 is 0 Å². The van der Waals surface area contributed by atoms with Gasteiger partial charge in [-0.2, -0.15) is 0 Å². The molecule has 0 aliphatic heterocycles. The SMILES string of the molecule is [CH]=C(Br)C(Br)(Br)CCCCC. The second-order valence-corrected chi connectivity index (χ2v) is 7.14. The summed E-state index contributed by atoms with van der Waals surface area (Å²) in [5, 5.41) is 0. The Morgan fingerprint density at radius 2 is 1.91 bits per heavy atom. The van der Waals surface area contributed by atoms with E-state index in [9.17, 15) is 0 Å². The van der Waals surface area contributed by atoms with Gasteiger partial charge in [-0.05, 0) is 13.0 Å². The predicted octanol–water partition coefficient (Wildman–Crippen LogP) is 4.76. The smallest absolute Gasteiger partial charge is 0.0668 e. The minimum absolute atomic E-state index is 0.213. The molecule has 11 heavy (non-hydrogen) atoms. The van der Waals surface area contributed by atoms with Crippen LogP contribution in [-0.2, 0) is 0 Å². The molecular weight excluding hydrogens is 336 g/mol. The fourth-order valence-electron chi connectivity index (χ4n) is 0.716. The van der Waals surface area contributed by atoms with E-state index in [4.69, 9.17) is 6.58 Å². The molecule has 0 aromatic heterocycles. The van der Waals surface area contributed by atoms with Crippen molar-refractivity contribution < 1.29 is 0 Å². The van der Waals surface area contributed by atoms with Crippen LogP contribution in [0.25, 0.3) is 0 Å².